The molecule has 0 aliphatic heterocycles. The molecule has 92 valence electrons. The van der Waals surface area contributed by atoms with E-state index in [0.29, 0.717) is 10.5 Å². The quantitative estimate of drug-likeness (QED) is 0.860. The topological polar surface area (TPSA) is 63.0 Å². The highest BCUT2D eigenvalue weighted by atomic mass is 79.9. The van der Waals surface area contributed by atoms with Crippen LogP contribution in [0.4, 0.5) is 0 Å². The SMILES string of the molecule is CC(C)(C)C(Br)Cc1ccc2n[nH]c(=O)n2n1. The molecule has 1 atom stereocenters. The lowest BCUT2D eigenvalue weighted by atomic mass is 9.89. The summed E-state index contributed by atoms with van der Waals surface area (Å²) in [7, 11) is 0. The Balaban J connectivity index is 2.31. The van der Waals surface area contributed by atoms with Gasteiger partial charge in [0.1, 0.15) is 0 Å². The summed E-state index contributed by atoms with van der Waals surface area (Å²) in [4.78, 5) is 11.7. The summed E-state index contributed by atoms with van der Waals surface area (Å²) in [6.45, 7) is 6.49. The Labute approximate surface area is 107 Å². The maximum atomic E-state index is 11.4. The zero-order chi connectivity index (χ0) is 12.6. The molecule has 0 aliphatic carbocycles. The van der Waals surface area contributed by atoms with Crippen LogP contribution in [0.2, 0.25) is 0 Å². The van der Waals surface area contributed by atoms with Crippen molar-refractivity contribution in [1.82, 2.24) is 19.8 Å². The summed E-state index contributed by atoms with van der Waals surface area (Å²) in [5, 5.41) is 10.5. The van der Waals surface area contributed by atoms with Gasteiger partial charge in [-0.1, -0.05) is 36.7 Å². The van der Waals surface area contributed by atoms with Crippen molar-refractivity contribution in [3.8, 4) is 0 Å². The van der Waals surface area contributed by atoms with Crippen molar-refractivity contribution in [3.63, 3.8) is 0 Å². The summed E-state index contributed by atoms with van der Waals surface area (Å²) >= 11 is 3.66. The van der Waals surface area contributed by atoms with E-state index < -0.39 is 0 Å². The summed E-state index contributed by atoms with van der Waals surface area (Å²) in [6, 6.07) is 3.69. The van der Waals surface area contributed by atoms with Crippen LogP contribution in [0.1, 0.15) is 26.5 Å². The first-order valence-electron chi connectivity index (χ1n) is 5.45. The minimum absolute atomic E-state index is 0.151. The predicted octanol–water partition coefficient (Wildman–Crippen LogP) is 1.77. The minimum Gasteiger partial charge on any atom is -0.244 e. The molecule has 0 amide bonds. The summed E-state index contributed by atoms with van der Waals surface area (Å²) in [5.74, 6) is 0. The molecular weight excluding hydrogens is 284 g/mol. The Hall–Kier alpha value is -1.17. The van der Waals surface area contributed by atoms with Crippen LogP contribution in [0, 0.1) is 5.41 Å². The van der Waals surface area contributed by atoms with E-state index in [2.05, 4.69) is 52.0 Å². The molecule has 0 fully saturated rings. The molecule has 0 spiro atoms. The smallest absolute Gasteiger partial charge is 0.244 e. The largest absolute Gasteiger partial charge is 0.364 e. The number of H-pyrrole nitrogens is 1. The normalized spacial score (nSPS) is 14.1. The van der Waals surface area contributed by atoms with E-state index >= 15 is 0 Å². The molecule has 6 heteroatoms. The van der Waals surface area contributed by atoms with Crippen molar-refractivity contribution < 1.29 is 0 Å². The molecule has 0 bridgehead atoms. The minimum atomic E-state index is -0.302. The van der Waals surface area contributed by atoms with E-state index in [-0.39, 0.29) is 11.1 Å². The summed E-state index contributed by atoms with van der Waals surface area (Å²) in [6.07, 6.45) is 0.775. The lowest BCUT2D eigenvalue weighted by Crippen LogP contribution is -2.23. The fourth-order valence-electron chi connectivity index (χ4n) is 1.44. The van der Waals surface area contributed by atoms with E-state index in [4.69, 9.17) is 0 Å². The molecule has 2 heterocycles. The molecule has 2 rings (SSSR count). The summed E-state index contributed by atoms with van der Waals surface area (Å²) in [5.41, 5.74) is 1.26. The van der Waals surface area contributed by atoms with Gasteiger partial charge in [0.15, 0.2) is 5.65 Å². The monoisotopic (exact) mass is 298 g/mol. The van der Waals surface area contributed by atoms with Crippen LogP contribution in [0.25, 0.3) is 5.65 Å². The average Bonchev–Trinajstić information content (AvgIpc) is 2.59. The third-order valence-electron chi connectivity index (χ3n) is 2.66. The zero-order valence-electron chi connectivity index (χ0n) is 10.1. The lowest BCUT2D eigenvalue weighted by Gasteiger charge is -2.25. The second-order valence-electron chi connectivity index (χ2n) is 5.16. The van der Waals surface area contributed by atoms with Gasteiger partial charge in [-0.2, -0.15) is 14.7 Å². The first-order valence-corrected chi connectivity index (χ1v) is 6.37. The highest BCUT2D eigenvalue weighted by Gasteiger charge is 2.22. The second-order valence-corrected chi connectivity index (χ2v) is 6.27. The predicted molar refractivity (Wildman–Crippen MR) is 69.5 cm³/mol. The van der Waals surface area contributed by atoms with Crippen molar-refractivity contribution in [2.45, 2.75) is 32.0 Å². The van der Waals surface area contributed by atoms with Crippen molar-refractivity contribution in [3.05, 3.63) is 28.3 Å². The van der Waals surface area contributed by atoms with Crippen LogP contribution >= 0.6 is 15.9 Å². The average molecular weight is 299 g/mol. The Morgan fingerprint density at radius 3 is 2.82 bits per heavy atom. The fourth-order valence-corrected chi connectivity index (χ4v) is 1.77. The highest BCUT2D eigenvalue weighted by Crippen LogP contribution is 2.28. The van der Waals surface area contributed by atoms with E-state index in [1.165, 1.54) is 4.52 Å². The Kier molecular flexibility index (Phi) is 3.07. The van der Waals surface area contributed by atoms with Crippen LogP contribution in [-0.4, -0.2) is 24.6 Å². The molecule has 1 N–H and O–H groups in total. The molecule has 1 unspecified atom stereocenters. The fraction of sp³-hybridized carbons (Fsp3) is 0.545. The molecule has 5 nitrogen and oxygen atoms in total. The van der Waals surface area contributed by atoms with Crippen molar-refractivity contribution in [1.29, 1.82) is 0 Å². The third kappa shape index (κ3) is 2.57. The van der Waals surface area contributed by atoms with Gasteiger partial charge in [0.05, 0.1) is 5.69 Å². The Morgan fingerprint density at radius 2 is 2.18 bits per heavy atom. The maximum absolute atomic E-state index is 11.4. The van der Waals surface area contributed by atoms with Gasteiger partial charge in [-0.25, -0.2) is 9.89 Å². The van der Waals surface area contributed by atoms with Gasteiger partial charge < -0.3 is 0 Å². The number of alkyl halides is 1. The number of nitrogens with one attached hydrogen (secondary N) is 1. The van der Waals surface area contributed by atoms with Crippen molar-refractivity contribution in [2.75, 3.05) is 0 Å². The number of halogens is 1. The zero-order valence-corrected chi connectivity index (χ0v) is 11.7. The second kappa shape index (κ2) is 4.25. The van der Waals surface area contributed by atoms with E-state index in [1.54, 1.807) is 6.07 Å². The highest BCUT2D eigenvalue weighted by molar-refractivity contribution is 9.09. The van der Waals surface area contributed by atoms with E-state index in [0.717, 1.165) is 12.1 Å². The van der Waals surface area contributed by atoms with Crippen molar-refractivity contribution in [2.24, 2.45) is 5.41 Å². The molecule has 2 aromatic heterocycles. The first-order chi connectivity index (χ1) is 7.88. The number of rotatable bonds is 2. The number of nitrogens with zero attached hydrogens (tertiary/aromatic N) is 3. The molecule has 0 radical (unpaired) electrons. The Morgan fingerprint density at radius 1 is 1.47 bits per heavy atom. The first kappa shape index (κ1) is 12.3. The number of hydrogen-bond donors (Lipinski definition) is 1. The van der Waals surface area contributed by atoms with Crippen LogP contribution in [-0.2, 0) is 6.42 Å². The van der Waals surface area contributed by atoms with Crippen LogP contribution < -0.4 is 5.69 Å². The number of fused-ring (bicyclic) bond motifs is 1. The standard InChI is InChI=1S/C11H15BrN4O/c1-11(2,3)8(12)6-7-4-5-9-13-14-10(17)16(9)15-7/h4-5,8H,6H2,1-3H3,(H,14,17). The van der Waals surface area contributed by atoms with Gasteiger partial charge in [-0.15, -0.1) is 0 Å². The molecule has 0 saturated heterocycles. The maximum Gasteiger partial charge on any atom is 0.364 e. The van der Waals surface area contributed by atoms with Gasteiger partial charge in [-0.3, -0.25) is 0 Å². The number of aromatic nitrogens is 4. The number of aromatic amines is 1. The van der Waals surface area contributed by atoms with Gasteiger partial charge in [-0.05, 0) is 17.5 Å². The molecule has 17 heavy (non-hydrogen) atoms. The van der Waals surface area contributed by atoms with Crippen LogP contribution in [0.15, 0.2) is 16.9 Å². The van der Waals surface area contributed by atoms with Gasteiger partial charge in [0, 0.05) is 11.2 Å². The molecule has 2 aromatic rings. The van der Waals surface area contributed by atoms with Gasteiger partial charge in [0.25, 0.3) is 0 Å². The third-order valence-corrected chi connectivity index (χ3v) is 4.35. The summed E-state index contributed by atoms with van der Waals surface area (Å²) < 4.78 is 1.29. The van der Waals surface area contributed by atoms with Crippen molar-refractivity contribution >= 4 is 21.6 Å². The van der Waals surface area contributed by atoms with E-state index in [9.17, 15) is 4.79 Å². The van der Waals surface area contributed by atoms with Gasteiger partial charge >= 0.3 is 5.69 Å². The molecule has 0 saturated carbocycles. The van der Waals surface area contributed by atoms with Crippen LogP contribution in [0.3, 0.4) is 0 Å². The Bertz CT molecular complexity index is 581. The molecule has 0 aliphatic rings. The molecule has 0 aromatic carbocycles. The van der Waals surface area contributed by atoms with Crippen LogP contribution in [0.5, 0.6) is 0 Å². The number of hydrogen-bond acceptors (Lipinski definition) is 3. The van der Waals surface area contributed by atoms with E-state index in [1.807, 2.05) is 6.07 Å². The molecular formula is C11H15BrN4O. The lowest BCUT2D eigenvalue weighted by molar-refractivity contribution is 0.395. The van der Waals surface area contributed by atoms with Gasteiger partial charge in [0.2, 0.25) is 0 Å².